The molecular formula is C10H7N3O. The third-order valence-electron chi connectivity index (χ3n) is 1.76. The summed E-state index contributed by atoms with van der Waals surface area (Å²) >= 11 is 0. The van der Waals surface area contributed by atoms with Crippen LogP contribution in [0.3, 0.4) is 0 Å². The predicted molar refractivity (Wildman–Crippen MR) is 49.5 cm³/mol. The Bertz CT molecular complexity index is 565. The summed E-state index contributed by atoms with van der Waals surface area (Å²) in [5.74, 6) is -0.412. The number of para-hydroxylation sites is 2. The molecule has 0 unspecified atom stereocenters. The highest BCUT2D eigenvalue weighted by Gasteiger charge is 2.09. The van der Waals surface area contributed by atoms with Gasteiger partial charge in [-0.3, -0.25) is 4.79 Å². The lowest BCUT2D eigenvalue weighted by atomic mass is 10.3. The van der Waals surface area contributed by atoms with E-state index in [2.05, 4.69) is 15.7 Å². The van der Waals surface area contributed by atoms with Crippen molar-refractivity contribution >= 4 is 5.91 Å². The van der Waals surface area contributed by atoms with Crippen molar-refractivity contribution in [3.05, 3.63) is 52.6 Å². The van der Waals surface area contributed by atoms with Gasteiger partial charge in [0, 0.05) is 6.20 Å². The van der Waals surface area contributed by atoms with Crippen LogP contribution in [0.1, 0.15) is 0 Å². The van der Waals surface area contributed by atoms with Gasteiger partial charge in [-0.2, -0.15) is 0 Å². The zero-order valence-electron chi connectivity index (χ0n) is 7.27. The number of benzene rings is 1. The second-order valence-corrected chi connectivity index (χ2v) is 2.68. The second kappa shape index (κ2) is 3.28. The van der Waals surface area contributed by atoms with Crippen molar-refractivity contribution in [2.45, 2.75) is 0 Å². The first-order valence-corrected chi connectivity index (χ1v) is 4.05. The van der Waals surface area contributed by atoms with Crippen molar-refractivity contribution in [1.82, 2.24) is 0 Å². The molecule has 0 bridgehead atoms. The van der Waals surface area contributed by atoms with Crippen molar-refractivity contribution in [2.75, 3.05) is 0 Å². The molecule has 0 spiro atoms. The van der Waals surface area contributed by atoms with Crippen molar-refractivity contribution < 1.29 is 4.79 Å². The molecule has 1 aliphatic heterocycles. The molecule has 14 heavy (non-hydrogen) atoms. The largest absolute Gasteiger partial charge is 0.398 e. The number of nitrogens with two attached hydrogens (primary N) is 1. The van der Waals surface area contributed by atoms with E-state index >= 15 is 0 Å². The maximum absolute atomic E-state index is 11.3. The molecule has 2 N–H and O–H groups in total. The molecule has 0 saturated carbocycles. The van der Waals surface area contributed by atoms with E-state index in [0.717, 1.165) is 6.20 Å². The smallest absolute Gasteiger partial charge is 0.304 e. The maximum atomic E-state index is 11.3. The summed E-state index contributed by atoms with van der Waals surface area (Å²) in [6.45, 7) is 0. The average Bonchev–Trinajstić information content (AvgIpc) is 2.19. The molecule has 4 heteroatoms. The van der Waals surface area contributed by atoms with Crippen LogP contribution in [0.15, 0.2) is 51.9 Å². The molecule has 68 valence electrons. The van der Waals surface area contributed by atoms with E-state index in [1.54, 1.807) is 18.2 Å². The fourth-order valence-corrected chi connectivity index (χ4v) is 1.16. The Hall–Kier alpha value is -2.19. The number of rotatable bonds is 0. The van der Waals surface area contributed by atoms with Gasteiger partial charge in [-0.1, -0.05) is 17.9 Å². The molecular weight excluding hydrogens is 178 g/mol. The first kappa shape index (κ1) is 8.41. The van der Waals surface area contributed by atoms with Crippen molar-refractivity contribution in [2.24, 2.45) is 15.7 Å². The zero-order chi connectivity index (χ0) is 9.97. The van der Waals surface area contributed by atoms with Crippen LogP contribution in [0.2, 0.25) is 0 Å². The van der Waals surface area contributed by atoms with Gasteiger partial charge in [-0.15, -0.1) is 0 Å². The molecule has 0 aromatic heterocycles. The number of hydrogen-bond acceptors (Lipinski definition) is 3. The van der Waals surface area contributed by atoms with Gasteiger partial charge in [0.25, 0.3) is 0 Å². The zero-order valence-corrected chi connectivity index (χ0v) is 7.27. The molecule has 1 heterocycles. The predicted octanol–water partition coefficient (Wildman–Crippen LogP) is -0.579. The molecule has 2 rings (SSSR count). The number of carbonyl (C=O) groups is 1. The summed E-state index contributed by atoms with van der Waals surface area (Å²) in [6.07, 6.45) is 1.15. The summed E-state index contributed by atoms with van der Waals surface area (Å²) < 4.78 is 0. The van der Waals surface area contributed by atoms with Gasteiger partial charge in [0.1, 0.15) is 0 Å². The van der Waals surface area contributed by atoms with E-state index < -0.39 is 5.91 Å². The van der Waals surface area contributed by atoms with Gasteiger partial charge in [0.05, 0.1) is 10.7 Å². The summed E-state index contributed by atoms with van der Waals surface area (Å²) in [5, 5.41) is 1.25. The number of amides is 1. The highest BCUT2D eigenvalue weighted by molar-refractivity contribution is 5.94. The number of hydrogen-bond donors (Lipinski definition) is 1. The molecule has 1 aromatic rings. The quantitative estimate of drug-likeness (QED) is 0.434. The van der Waals surface area contributed by atoms with E-state index in [0.29, 0.717) is 10.7 Å². The van der Waals surface area contributed by atoms with E-state index in [9.17, 15) is 4.79 Å². The van der Waals surface area contributed by atoms with Crippen LogP contribution in [0.25, 0.3) is 0 Å². The molecule has 0 aliphatic carbocycles. The molecule has 4 nitrogen and oxygen atoms in total. The third kappa shape index (κ3) is 1.34. The second-order valence-electron chi connectivity index (χ2n) is 2.68. The Balaban J connectivity index is 2.80. The molecule has 0 fully saturated rings. The minimum Gasteiger partial charge on any atom is -0.398 e. The van der Waals surface area contributed by atoms with Gasteiger partial charge in [-0.25, -0.2) is 9.98 Å². The number of fused-ring (bicyclic) bond motifs is 1. The fraction of sp³-hybridized carbons (Fsp3) is 0. The standard InChI is InChI=1S/C10H7N3O/c11-6-5-9-10(14)13-8-4-2-1-3-7(8)12-9/h1-4,6H,11H2. The van der Waals surface area contributed by atoms with Gasteiger partial charge in [0.15, 0.2) is 5.70 Å². The Morgan fingerprint density at radius 2 is 1.86 bits per heavy atom. The first-order chi connectivity index (χ1) is 6.81. The van der Waals surface area contributed by atoms with Crippen LogP contribution < -0.4 is 16.4 Å². The minimum absolute atomic E-state index is 0.145. The van der Waals surface area contributed by atoms with Crippen LogP contribution in [0.5, 0.6) is 0 Å². The Labute approximate surface area is 79.8 Å². The van der Waals surface area contributed by atoms with Crippen molar-refractivity contribution in [3.8, 4) is 0 Å². The lowest BCUT2D eigenvalue weighted by Gasteiger charge is -1.98. The molecule has 0 radical (unpaired) electrons. The lowest BCUT2D eigenvalue weighted by Crippen LogP contribution is -2.30. The highest BCUT2D eigenvalue weighted by atomic mass is 16.1. The normalized spacial score (nSPS) is 13.4. The molecule has 1 aliphatic rings. The summed E-state index contributed by atoms with van der Waals surface area (Å²) in [6, 6.07) is 7.15. The summed E-state index contributed by atoms with van der Waals surface area (Å²) in [5.41, 5.74) is 7.81. The van der Waals surface area contributed by atoms with Gasteiger partial charge < -0.3 is 5.73 Å². The third-order valence-corrected chi connectivity index (χ3v) is 1.76. The highest BCUT2D eigenvalue weighted by Crippen LogP contribution is 1.97. The van der Waals surface area contributed by atoms with Gasteiger partial charge in [0.2, 0.25) is 0 Å². The molecule has 1 aromatic carbocycles. The minimum atomic E-state index is -0.412. The molecule has 0 atom stereocenters. The van der Waals surface area contributed by atoms with Crippen LogP contribution in [-0.4, -0.2) is 5.91 Å². The van der Waals surface area contributed by atoms with Gasteiger partial charge in [-0.05, 0) is 12.1 Å². The van der Waals surface area contributed by atoms with E-state index in [4.69, 9.17) is 5.73 Å². The van der Waals surface area contributed by atoms with Crippen LogP contribution >= 0.6 is 0 Å². The van der Waals surface area contributed by atoms with Crippen LogP contribution in [0, 0.1) is 0 Å². The average molecular weight is 185 g/mol. The van der Waals surface area contributed by atoms with Crippen molar-refractivity contribution in [1.29, 1.82) is 0 Å². The van der Waals surface area contributed by atoms with E-state index in [1.165, 1.54) is 0 Å². The Morgan fingerprint density at radius 3 is 2.50 bits per heavy atom. The number of carbonyl (C=O) groups excluding carboxylic acids is 1. The fourth-order valence-electron chi connectivity index (χ4n) is 1.16. The Kier molecular flexibility index (Phi) is 1.97. The lowest BCUT2D eigenvalue weighted by molar-refractivity contribution is -0.114. The van der Waals surface area contributed by atoms with Crippen LogP contribution in [-0.2, 0) is 4.79 Å². The van der Waals surface area contributed by atoms with Crippen molar-refractivity contribution in [3.63, 3.8) is 0 Å². The molecule has 1 amide bonds. The number of nitrogens with zero attached hydrogens (tertiary/aromatic N) is 2. The van der Waals surface area contributed by atoms with Gasteiger partial charge >= 0.3 is 5.91 Å². The van der Waals surface area contributed by atoms with Crippen LogP contribution in [0.4, 0.5) is 0 Å². The first-order valence-electron chi connectivity index (χ1n) is 4.05. The molecule has 0 saturated heterocycles. The van der Waals surface area contributed by atoms with E-state index in [-0.39, 0.29) is 5.70 Å². The topological polar surface area (TPSA) is 67.8 Å². The SMILES string of the molecule is NC=C=C1N=c2ccccc2=NC1=O. The summed E-state index contributed by atoms with van der Waals surface area (Å²) in [4.78, 5) is 19.2. The summed E-state index contributed by atoms with van der Waals surface area (Å²) in [7, 11) is 0. The van der Waals surface area contributed by atoms with E-state index in [1.807, 2.05) is 6.07 Å². The maximum Gasteiger partial charge on any atom is 0.304 e. The Morgan fingerprint density at radius 1 is 1.21 bits per heavy atom. The monoisotopic (exact) mass is 185 g/mol.